The molecule has 1 aliphatic rings. The molecule has 0 radical (unpaired) electrons. The minimum absolute atomic E-state index is 0.0213. The molecule has 21 heavy (non-hydrogen) atoms. The second kappa shape index (κ2) is 8.38. The lowest BCUT2D eigenvalue weighted by molar-refractivity contribution is -0.118. The number of rotatable bonds is 7. The van der Waals surface area contributed by atoms with Gasteiger partial charge in [-0.15, -0.1) is 10.2 Å². The van der Waals surface area contributed by atoms with Gasteiger partial charge in [0.25, 0.3) is 0 Å². The van der Waals surface area contributed by atoms with Crippen LogP contribution in [0.5, 0.6) is 0 Å². The maximum atomic E-state index is 12.0. The van der Waals surface area contributed by atoms with E-state index in [-0.39, 0.29) is 5.91 Å². The Morgan fingerprint density at radius 2 is 2.43 bits per heavy atom. The van der Waals surface area contributed by atoms with Gasteiger partial charge in [-0.05, 0) is 6.42 Å². The molecule has 118 valence electrons. The van der Waals surface area contributed by atoms with Gasteiger partial charge in [0.05, 0.1) is 13.2 Å². The van der Waals surface area contributed by atoms with Crippen LogP contribution in [0.1, 0.15) is 13.3 Å². The molecule has 0 spiro atoms. The number of carbonyl (C=O) groups excluding carboxylic acids is 1. The largest absolute Gasteiger partial charge is 0.383 e. The van der Waals surface area contributed by atoms with Crippen LogP contribution in [0.4, 0.5) is 5.13 Å². The number of nitrogens with zero attached hydrogens (tertiary/aromatic N) is 4. The summed E-state index contributed by atoms with van der Waals surface area (Å²) in [7, 11) is 1.73. The molecule has 8 heteroatoms. The van der Waals surface area contributed by atoms with Gasteiger partial charge in [-0.25, -0.2) is 0 Å². The molecule has 0 aromatic carbocycles. The number of hydrogen-bond acceptors (Lipinski definition) is 7. The van der Waals surface area contributed by atoms with E-state index in [1.54, 1.807) is 12.6 Å². The molecule has 1 aliphatic heterocycles. The summed E-state index contributed by atoms with van der Waals surface area (Å²) in [5.41, 5.74) is 1.61. The van der Waals surface area contributed by atoms with Crippen LogP contribution in [-0.2, 0) is 9.53 Å². The standard InChI is InChI=1S/C13H23N5O2S/c1-3-11-8-17(4-5-18(11)6-7-20-2)9-12(19)15-13-16-14-10-21-13/h10-11H,3-9H2,1-2H3,(H,15,16,19)/t11-/m1/s1. The van der Waals surface area contributed by atoms with Gasteiger partial charge in [-0.1, -0.05) is 18.3 Å². The zero-order valence-corrected chi connectivity index (χ0v) is 13.4. The number of carbonyl (C=O) groups is 1. The van der Waals surface area contributed by atoms with Crippen LogP contribution in [0, 0.1) is 0 Å². The minimum atomic E-state index is -0.0213. The molecule has 7 nitrogen and oxygen atoms in total. The lowest BCUT2D eigenvalue weighted by atomic mass is 10.1. The number of nitrogens with one attached hydrogen (secondary N) is 1. The highest BCUT2D eigenvalue weighted by molar-refractivity contribution is 7.13. The van der Waals surface area contributed by atoms with E-state index in [1.807, 2.05) is 0 Å². The van der Waals surface area contributed by atoms with E-state index in [2.05, 4.69) is 32.2 Å². The predicted octanol–water partition coefficient (Wildman–Crippen LogP) is 0.519. The summed E-state index contributed by atoms with van der Waals surface area (Å²) in [6.07, 6.45) is 1.08. The maximum absolute atomic E-state index is 12.0. The Bertz CT molecular complexity index is 428. The average Bonchev–Trinajstić information content (AvgIpc) is 2.98. The van der Waals surface area contributed by atoms with E-state index in [0.717, 1.165) is 39.2 Å². The molecule has 0 unspecified atom stereocenters. The Morgan fingerprint density at radius 3 is 3.10 bits per heavy atom. The fourth-order valence-corrected chi connectivity index (χ4v) is 3.04. The van der Waals surface area contributed by atoms with E-state index >= 15 is 0 Å². The molecule has 1 aromatic rings. The fraction of sp³-hybridized carbons (Fsp3) is 0.769. The van der Waals surface area contributed by atoms with Gasteiger partial charge in [0.1, 0.15) is 5.51 Å². The third kappa shape index (κ3) is 4.99. The molecular weight excluding hydrogens is 290 g/mol. The van der Waals surface area contributed by atoms with Gasteiger partial charge in [0.15, 0.2) is 0 Å². The topological polar surface area (TPSA) is 70.6 Å². The van der Waals surface area contributed by atoms with E-state index in [0.29, 0.717) is 17.7 Å². The second-order valence-electron chi connectivity index (χ2n) is 5.12. The summed E-state index contributed by atoms with van der Waals surface area (Å²) in [4.78, 5) is 16.6. The minimum Gasteiger partial charge on any atom is -0.383 e. The van der Waals surface area contributed by atoms with Gasteiger partial charge in [0, 0.05) is 39.3 Å². The molecule has 0 saturated carbocycles. The Hall–Kier alpha value is -1.09. The van der Waals surface area contributed by atoms with E-state index in [9.17, 15) is 4.79 Å². The Labute approximate surface area is 129 Å². The summed E-state index contributed by atoms with van der Waals surface area (Å²) in [5, 5.41) is 10.9. The molecule has 1 atom stereocenters. The quantitative estimate of drug-likeness (QED) is 0.791. The Kier molecular flexibility index (Phi) is 6.50. The molecule has 0 bridgehead atoms. The summed E-state index contributed by atoms with van der Waals surface area (Å²) < 4.78 is 5.16. The van der Waals surface area contributed by atoms with Crippen LogP contribution in [0.2, 0.25) is 0 Å². The second-order valence-corrected chi connectivity index (χ2v) is 5.95. The Balaban J connectivity index is 1.78. The van der Waals surface area contributed by atoms with Crippen LogP contribution in [0.3, 0.4) is 0 Å². The van der Waals surface area contributed by atoms with E-state index < -0.39 is 0 Å². The first-order valence-corrected chi connectivity index (χ1v) is 8.12. The molecule has 1 saturated heterocycles. The van der Waals surface area contributed by atoms with Gasteiger partial charge in [-0.3, -0.25) is 19.9 Å². The van der Waals surface area contributed by atoms with Crippen LogP contribution < -0.4 is 5.32 Å². The van der Waals surface area contributed by atoms with Gasteiger partial charge < -0.3 is 4.74 Å². The molecule has 1 aromatic heterocycles. The molecular formula is C13H23N5O2S. The van der Waals surface area contributed by atoms with Gasteiger partial charge >= 0.3 is 0 Å². The first-order valence-electron chi connectivity index (χ1n) is 7.24. The first kappa shape index (κ1) is 16.3. The number of hydrogen-bond donors (Lipinski definition) is 1. The van der Waals surface area contributed by atoms with Crippen LogP contribution in [0.25, 0.3) is 0 Å². The monoisotopic (exact) mass is 313 g/mol. The molecule has 1 fully saturated rings. The first-order chi connectivity index (χ1) is 10.2. The predicted molar refractivity (Wildman–Crippen MR) is 82.5 cm³/mol. The van der Waals surface area contributed by atoms with Crippen molar-refractivity contribution in [3.05, 3.63) is 5.51 Å². The van der Waals surface area contributed by atoms with Crippen molar-refractivity contribution in [2.45, 2.75) is 19.4 Å². The zero-order chi connectivity index (χ0) is 15.1. The fourth-order valence-electron chi connectivity index (χ4n) is 2.58. The van der Waals surface area contributed by atoms with Crippen molar-refractivity contribution >= 4 is 22.4 Å². The van der Waals surface area contributed by atoms with Crippen LogP contribution in [-0.4, -0.2) is 78.4 Å². The van der Waals surface area contributed by atoms with Crippen molar-refractivity contribution in [3.8, 4) is 0 Å². The number of anilines is 1. The van der Waals surface area contributed by atoms with Crippen molar-refractivity contribution < 1.29 is 9.53 Å². The number of piperazine rings is 1. The van der Waals surface area contributed by atoms with Gasteiger partial charge in [-0.2, -0.15) is 0 Å². The van der Waals surface area contributed by atoms with E-state index in [4.69, 9.17) is 4.74 Å². The smallest absolute Gasteiger partial charge is 0.240 e. The van der Waals surface area contributed by atoms with Gasteiger partial charge in [0.2, 0.25) is 11.0 Å². The average molecular weight is 313 g/mol. The summed E-state index contributed by atoms with van der Waals surface area (Å²) in [6, 6.07) is 0.489. The summed E-state index contributed by atoms with van der Waals surface area (Å²) in [6.45, 7) is 7.12. The third-order valence-electron chi connectivity index (χ3n) is 3.72. The lowest BCUT2D eigenvalue weighted by Crippen LogP contribution is -2.54. The maximum Gasteiger partial charge on any atom is 0.240 e. The molecule has 1 N–H and O–H groups in total. The third-order valence-corrected chi connectivity index (χ3v) is 4.32. The highest BCUT2D eigenvalue weighted by Crippen LogP contribution is 2.13. The number of methoxy groups -OCH3 is 1. The molecule has 2 rings (SSSR count). The number of amides is 1. The van der Waals surface area contributed by atoms with Crippen molar-refractivity contribution in [3.63, 3.8) is 0 Å². The summed E-state index contributed by atoms with van der Waals surface area (Å²) in [5.74, 6) is -0.0213. The Morgan fingerprint density at radius 1 is 1.57 bits per heavy atom. The van der Waals surface area contributed by atoms with Crippen molar-refractivity contribution in [1.82, 2.24) is 20.0 Å². The van der Waals surface area contributed by atoms with Crippen LogP contribution in [0.15, 0.2) is 5.51 Å². The molecule has 0 aliphatic carbocycles. The summed E-state index contributed by atoms with van der Waals surface area (Å²) >= 11 is 1.33. The van der Waals surface area contributed by atoms with Crippen molar-refractivity contribution in [2.75, 3.05) is 51.8 Å². The highest BCUT2D eigenvalue weighted by atomic mass is 32.1. The van der Waals surface area contributed by atoms with Crippen molar-refractivity contribution in [2.24, 2.45) is 0 Å². The number of aromatic nitrogens is 2. The lowest BCUT2D eigenvalue weighted by Gasteiger charge is -2.40. The zero-order valence-electron chi connectivity index (χ0n) is 12.6. The molecule has 1 amide bonds. The number of ether oxygens (including phenoxy) is 1. The highest BCUT2D eigenvalue weighted by Gasteiger charge is 2.26. The normalized spacial score (nSPS) is 20.6. The van der Waals surface area contributed by atoms with E-state index in [1.165, 1.54) is 11.3 Å². The van der Waals surface area contributed by atoms with Crippen LogP contribution >= 0.6 is 11.3 Å². The molecule has 2 heterocycles. The van der Waals surface area contributed by atoms with Crippen molar-refractivity contribution in [1.29, 1.82) is 0 Å². The SMILES string of the molecule is CC[C@@H]1CN(CC(=O)Nc2nncs2)CCN1CCOC.